The zero-order valence-electron chi connectivity index (χ0n) is 6.41. The topological polar surface area (TPSA) is 74.8 Å². The Bertz CT molecular complexity index is 480. The minimum Gasteiger partial charge on any atom is -0.506 e. The molecule has 2 N–H and O–H groups in total. The summed E-state index contributed by atoms with van der Waals surface area (Å²) in [4.78, 5) is 3.88. The molecule has 0 bridgehead atoms. The van der Waals surface area contributed by atoms with Gasteiger partial charge >= 0.3 is 0 Å². The molecule has 0 amide bonds. The molecule has 0 aliphatic carbocycles. The van der Waals surface area contributed by atoms with E-state index < -0.39 is 11.1 Å². The maximum atomic E-state index is 10.8. The summed E-state index contributed by atoms with van der Waals surface area (Å²) in [6.45, 7) is 0. The fourth-order valence-electron chi connectivity index (χ4n) is 1.08. The zero-order chi connectivity index (χ0) is 9.42. The molecule has 1 unspecified atom stereocenters. The van der Waals surface area contributed by atoms with Crippen LogP contribution in [0.15, 0.2) is 29.6 Å². The summed E-state index contributed by atoms with van der Waals surface area (Å²) in [5, 5.41) is 9.27. The van der Waals surface area contributed by atoms with E-state index in [2.05, 4.69) is 4.98 Å². The molecule has 6 heteroatoms. The zero-order valence-corrected chi connectivity index (χ0v) is 7.23. The Morgan fingerprint density at radius 3 is 2.92 bits per heavy atom. The first-order valence-electron chi connectivity index (χ1n) is 3.45. The van der Waals surface area contributed by atoms with Crippen LogP contribution in [0.2, 0.25) is 0 Å². The first-order chi connectivity index (χ1) is 6.18. The number of aromatic hydroxyl groups is 1. The van der Waals surface area contributed by atoms with Crippen LogP contribution in [-0.4, -0.2) is 23.3 Å². The second kappa shape index (κ2) is 2.82. The monoisotopic (exact) mass is 198 g/mol. The van der Waals surface area contributed by atoms with E-state index in [9.17, 15) is 4.21 Å². The summed E-state index contributed by atoms with van der Waals surface area (Å²) >= 11 is -2.09. The van der Waals surface area contributed by atoms with E-state index in [0.29, 0.717) is 5.65 Å². The summed E-state index contributed by atoms with van der Waals surface area (Å²) < 4.78 is 21.0. The second-order valence-corrected chi connectivity index (χ2v) is 3.38. The van der Waals surface area contributed by atoms with Crippen LogP contribution in [0.1, 0.15) is 0 Å². The number of nitrogens with zero attached hydrogens (tertiary/aromatic N) is 2. The first-order valence-corrected chi connectivity index (χ1v) is 4.56. The molecule has 0 aliphatic heterocycles. The van der Waals surface area contributed by atoms with E-state index in [-0.39, 0.29) is 10.8 Å². The number of rotatable bonds is 1. The third-order valence-corrected chi connectivity index (χ3v) is 2.29. The van der Waals surface area contributed by atoms with E-state index >= 15 is 0 Å². The van der Waals surface area contributed by atoms with Crippen molar-refractivity contribution >= 4 is 16.7 Å². The molecule has 0 saturated heterocycles. The van der Waals surface area contributed by atoms with Crippen molar-refractivity contribution in [1.29, 1.82) is 0 Å². The van der Waals surface area contributed by atoms with Crippen LogP contribution in [-0.2, 0) is 11.1 Å². The van der Waals surface area contributed by atoms with E-state index in [1.165, 1.54) is 22.9 Å². The highest BCUT2D eigenvalue weighted by Gasteiger charge is 2.07. The Balaban J connectivity index is 2.79. The third kappa shape index (κ3) is 1.30. The number of pyridine rings is 1. The lowest BCUT2D eigenvalue weighted by molar-refractivity contribution is 0.471. The molecule has 2 heterocycles. The lowest BCUT2D eigenvalue weighted by Crippen LogP contribution is -1.94. The van der Waals surface area contributed by atoms with Gasteiger partial charge in [-0.25, -0.2) is 9.19 Å². The largest absolute Gasteiger partial charge is 0.506 e. The van der Waals surface area contributed by atoms with Crippen molar-refractivity contribution in [3.63, 3.8) is 0 Å². The Hall–Kier alpha value is -1.40. The summed E-state index contributed by atoms with van der Waals surface area (Å²) in [7, 11) is 0. The average Bonchev–Trinajstić information content (AvgIpc) is 2.46. The van der Waals surface area contributed by atoms with Crippen LogP contribution in [0.3, 0.4) is 0 Å². The molecule has 68 valence electrons. The molecule has 2 aromatic heterocycles. The summed E-state index contributed by atoms with van der Waals surface area (Å²) in [6, 6.07) is 3.03. The van der Waals surface area contributed by atoms with Crippen LogP contribution >= 0.6 is 0 Å². The van der Waals surface area contributed by atoms with Gasteiger partial charge in [0, 0.05) is 0 Å². The minimum atomic E-state index is -2.09. The average molecular weight is 198 g/mol. The summed E-state index contributed by atoms with van der Waals surface area (Å²) in [5.41, 5.74) is 0.523. The van der Waals surface area contributed by atoms with Gasteiger partial charge in [0.1, 0.15) is 11.4 Å². The normalized spacial score (nSPS) is 13.3. The van der Waals surface area contributed by atoms with Gasteiger partial charge in [0.2, 0.25) is 11.1 Å². The fraction of sp³-hybridized carbons (Fsp3) is 0. The van der Waals surface area contributed by atoms with E-state index in [4.69, 9.17) is 9.66 Å². The van der Waals surface area contributed by atoms with E-state index in [1.54, 1.807) is 6.07 Å². The molecule has 0 spiro atoms. The van der Waals surface area contributed by atoms with Crippen LogP contribution in [0.5, 0.6) is 5.75 Å². The summed E-state index contributed by atoms with van der Waals surface area (Å²) in [5.74, 6) is 0.0252. The van der Waals surface area contributed by atoms with Crippen molar-refractivity contribution < 1.29 is 13.9 Å². The van der Waals surface area contributed by atoms with E-state index in [1.807, 2.05) is 0 Å². The van der Waals surface area contributed by atoms with Gasteiger partial charge in [-0.15, -0.1) is 0 Å². The van der Waals surface area contributed by atoms with E-state index in [0.717, 1.165) is 0 Å². The highest BCUT2D eigenvalue weighted by atomic mass is 32.2. The third-order valence-electron chi connectivity index (χ3n) is 1.63. The van der Waals surface area contributed by atoms with Crippen LogP contribution in [0, 0.1) is 0 Å². The molecule has 1 atom stereocenters. The molecular weight excluding hydrogens is 192 g/mol. The van der Waals surface area contributed by atoms with Gasteiger partial charge in [0.05, 0.1) is 12.4 Å². The highest BCUT2D eigenvalue weighted by Crippen LogP contribution is 2.14. The number of imidazole rings is 1. The summed E-state index contributed by atoms with van der Waals surface area (Å²) in [6.07, 6.45) is 2.64. The molecule has 5 nitrogen and oxygen atoms in total. The number of hydrogen-bond acceptors (Lipinski definition) is 3. The van der Waals surface area contributed by atoms with Gasteiger partial charge in [-0.05, 0) is 12.1 Å². The van der Waals surface area contributed by atoms with Gasteiger partial charge in [-0.3, -0.25) is 4.40 Å². The standard InChI is InChI=1S/C7H6N2O3S/c10-5-1-2-6-8-3-7(13(11)12)9(6)4-5/h1-4,10H,(H,11,12). The van der Waals surface area contributed by atoms with Crippen molar-refractivity contribution in [1.82, 2.24) is 9.38 Å². The van der Waals surface area contributed by atoms with Gasteiger partial charge in [0.15, 0.2) is 5.03 Å². The maximum Gasteiger partial charge on any atom is 0.205 e. The Labute approximate surface area is 75.9 Å². The smallest absolute Gasteiger partial charge is 0.205 e. The second-order valence-electron chi connectivity index (χ2n) is 2.46. The number of fused-ring (bicyclic) bond motifs is 1. The van der Waals surface area contributed by atoms with Crippen molar-refractivity contribution in [3.05, 3.63) is 24.5 Å². The first kappa shape index (κ1) is 8.21. The quantitative estimate of drug-likeness (QED) is 0.659. The van der Waals surface area contributed by atoms with Crippen LogP contribution in [0.4, 0.5) is 0 Å². The van der Waals surface area contributed by atoms with Crippen LogP contribution in [0.25, 0.3) is 5.65 Å². The molecule has 13 heavy (non-hydrogen) atoms. The SMILES string of the molecule is O=S(O)c1cnc2ccc(O)cn12. The highest BCUT2D eigenvalue weighted by molar-refractivity contribution is 7.79. The molecule has 0 radical (unpaired) electrons. The van der Waals surface area contributed by atoms with Gasteiger partial charge in [-0.2, -0.15) is 0 Å². The van der Waals surface area contributed by atoms with Crippen molar-refractivity contribution in [2.45, 2.75) is 5.03 Å². The van der Waals surface area contributed by atoms with Gasteiger partial charge < -0.3 is 9.66 Å². The van der Waals surface area contributed by atoms with Crippen molar-refractivity contribution in [3.8, 4) is 5.75 Å². The van der Waals surface area contributed by atoms with Gasteiger partial charge in [0.25, 0.3) is 0 Å². The molecular formula is C7H6N2O3S. The maximum absolute atomic E-state index is 10.8. The van der Waals surface area contributed by atoms with Crippen molar-refractivity contribution in [2.75, 3.05) is 0 Å². The predicted molar refractivity (Wildman–Crippen MR) is 45.9 cm³/mol. The molecule has 0 aromatic carbocycles. The Morgan fingerprint density at radius 1 is 1.46 bits per heavy atom. The Morgan fingerprint density at radius 2 is 2.23 bits per heavy atom. The molecule has 0 aliphatic rings. The minimum absolute atomic E-state index is 0.0252. The molecule has 0 fully saturated rings. The number of hydrogen-bond donors (Lipinski definition) is 2. The Kier molecular flexibility index (Phi) is 1.78. The molecule has 2 aromatic rings. The lowest BCUT2D eigenvalue weighted by Gasteiger charge is -1.97. The molecule has 0 saturated carbocycles. The van der Waals surface area contributed by atoms with Crippen LogP contribution < -0.4 is 0 Å². The molecule has 2 rings (SSSR count). The lowest BCUT2D eigenvalue weighted by atomic mass is 10.4. The number of aromatic nitrogens is 2. The van der Waals surface area contributed by atoms with Crippen molar-refractivity contribution in [2.24, 2.45) is 0 Å². The fourth-order valence-corrected chi connectivity index (χ4v) is 1.53. The van der Waals surface area contributed by atoms with Gasteiger partial charge in [-0.1, -0.05) is 0 Å². The predicted octanol–water partition coefficient (Wildman–Crippen LogP) is 0.621.